The molecule has 0 saturated carbocycles. The summed E-state index contributed by atoms with van der Waals surface area (Å²) in [7, 11) is 0. The minimum atomic E-state index is -0.0766. The van der Waals surface area contributed by atoms with E-state index in [4.69, 9.17) is 9.84 Å². The number of unbranched alkanes of at least 4 members (excludes halogenated alkanes) is 11. The van der Waals surface area contributed by atoms with Crippen LogP contribution in [0.5, 0.6) is 0 Å². The highest BCUT2D eigenvalue weighted by Gasteiger charge is 2.02. The van der Waals surface area contributed by atoms with Crippen LogP contribution in [0.2, 0.25) is 0 Å². The van der Waals surface area contributed by atoms with Gasteiger partial charge in [-0.25, -0.2) is 0 Å². The van der Waals surface area contributed by atoms with Gasteiger partial charge in [0, 0.05) is 17.9 Å². The van der Waals surface area contributed by atoms with Crippen LogP contribution in [0.15, 0.2) is 12.2 Å². The molecule has 3 nitrogen and oxygen atoms in total. The normalized spacial score (nSPS) is 11.3. The summed E-state index contributed by atoms with van der Waals surface area (Å²) in [5.41, 5.74) is 0. The molecule has 0 rings (SSSR count). The Labute approximate surface area is 166 Å². The molecule has 0 saturated heterocycles. The van der Waals surface area contributed by atoms with Crippen molar-refractivity contribution in [2.45, 2.75) is 96.8 Å². The van der Waals surface area contributed by atoms with Gasteiger partial charge in [-0.1, -0.05) is 70.4 Å². The van der Waals surface area contributed by atoms with Gasteiger partial charge in [0.2, 0.25) is 0 Å². The number of thioether (sulfide) groups is 1. The van der Waals surface area contributed by atoms with Gasteiger partial charge in [0.15, 0.2) is 0 Å². The minimum Gasteiger partial charge on any atom is -0.465 e. The third-order valence-electron chi connectivity index (χ3n) is 4.37. The summed E-state index contributed by atoms with van der Waals surface area (Å²) in [5.74, 6) is 1.41. The average molecular weight is 387 g/mol. The van der Waals surface area contributed by atoms with Gasteiger partial charge in [0.1, 0.15) is 6.61 Å². The zero-order chi connectivity index (χ0) is 19.1. The van der Waals surface area contributed by atoms with E-state index in [0.29, 0.717) is 18.8 Å². The molecular formula is C22H42O3S. The zero-order valence-electron chi connectivity index (χ0n) is 17.1. The molecule has 0 amide bonds. The molecule has 0 heterocycles. The van der Waals surface area contributed by atoms with Crippen molar-refractivity contribution in [3.05, 3.63) is 12.2 Å². The highest BCUT2D eigenvalue weighted by Crippen LogP contribution is 2.10. The molecule has 0 aromatic rings. The zero-order valence-corrected chi connectivity index (χ0v) is 17.9. The first-order chi connectivity index (χ1) is 12.8. The largest absolute Gasteiger partial charge is 0.465 e. The number of hydrogen-bond donors (Lipinski definition) is 1. The van der Waals surface area contributed by atoms with Gasteiger partial charge in [-0.05, 0) is 32.1 Å². The maximum absolute atomic E-state index is 11.5. The molecule has 0 aliphatic carbocycles. The van der Waals surface area contributed by atoms with Crippen LogP contribution in [0.25, 0.3) is 0 Å². The summed E-state index contributed by atoms with van der Waals surface area (Å²) < 4.78 is 5.16. The fourth-order valence-electron chi connectivity index (χ4n) is 2.79. The number of hydrogen-bond acceptors (Lipinski definition) is 4. The van der Waals surface area contributed by atoms with Gasteiger partial charge in [0.05, 0.1) is 6.61 Å². The first kappa shape index (κ1) is 25.5. The van der Waals surface area contributed by atoms with E-state index in [-0.39, 0.29) is 12.6 Å². The third-order valence-corrected chi connectivity index (χ3v) is 5.30. The number of carbonyl (C=O) groups excluding carboxylic acids is 1. The van der Waals surface area contributed by atoms with Crippen molar-refractivity contribution in [2.75, 3.05) is 24.7 Å². The predicted octanol–water partition coefficient (Wildman–Crippen LogP) is 6.29. The topological polar surface area (TPSA) is 46.5 Å². The Morgan fingerprint density at radius 1 is 0.846 bits per heavy atom. The number of esters is 1. The Bertz CT molecular complexity index is 319. The van der Waals surface area contributed by atoms with Crippen LogP contribution in [0.4, 0.5) is 0 Å². The second-order valence-corrected chi connectivity index (χ2v) is 8.12. The van der Waals surface area contributed by atoms with Crippen molar-refractivity contribution < 1.29 is 14.6 Å². The smallest absolute Gasteiger partial charge is 0.305 e. The molecule has 26 heavy (non-hydrogen) atoms. The molecule has 0 unspecified atom stereocenters. The van der Waals surface area contributed by atoms with Gasteiger partial charge in [0.25, 0.3) is 0 Å². The lowest BCUT2D eigenvalue weighted by Gasteiger charge is -2.04. The molecule has 0 aliphatic heterocycles. The van der Waals surface area contributed by atoms with Crippen molar-refractivity contribution in [1.82, 2.24) is 0 Å². The first-order valence-corrected chi connectivity index (χ1v) is 12.0. The van der Waals surface area contributed by atoms with Crippen LogP contribution in [-0.4, -0.2) is 35.8 Å². The van der Waals surface area contributed by atoms with E-state index in [1.165, 1.54) is 70.6 Å². The Balaban J connectivity index is 3.18. The molecule has 0 aromatic heterocycles. The van der Waals surface area contributed by atoms with Crippen molar-refractivity contribution in [3.8, 4) is 0 Å². The number of allylic oxidation sites excluding steroid dienone is 2. The Morgan fingerprint density at radius 3 is 2.04 bits per heavy atom. The fraction of sp³-hybridized carbons (Fsp3) is 0.864. The van der Waals surface area contributed by atoms with E-state index >= 15 is 0 Å². The molecule has 1 N–H and O–H groups in total. The highest BCUT2D eigenvalue weighted by molar-refractivity contribution is 7.99. The molecule has 0 radical (unpaired) electrons. The van der Waals surface area contributed by atoms with Crippen LogP contribution in [0.3, 0.4) is 0 Å². The lowest BCUT2D eigenvalue weighted by molar-refractivity contribution is -0.143. The van der Waals surface area contributed by atoms with E-state index in [9.17, 15) is 4.79 Å². The summed E-state index contributed by atoms with van der Waals surface area (Å²) in [5, 5.41) is 8.64. The monoisotopic (exact) mass is 386 g/mol. The quantitative estimate of drug-likeness (QED) is 0.152. The standard InChI is InChI=1S/C22H42O3S/c1-2-3-4-5-6-7-8-9-10-11-12-13-14-15-16-17-22(24)25-19-21-26-20-18-23/h9-10,23H,2-8,11-21H2,1H3/b10-9-. The van der Waals surface area contributed by atoms with E-state index in [2.05, 4.69) is 19.1 Å². The van der Waals surface area contributed by atoms with Crippen molar-refractivity contribution >= 4 is 17.7 Å². The molecule has 0 bridgehead atoms. The highest BCUT2D eigenvalue weighted by atomic mass is 32.2. The van der Waals surface area contributed by atoms with Crippen LogP contribution in [-0.2, 0) is 9.53 Å². The van der Waals surface area contributed by atoms with E-state index in [1.807, 2.05) is 0 Å². The molecule has 154 valence electrons. The molecule has 0 fully saturated rings. The maximum atomic E-state index is 11.5. The van der Waals surface area contributed by atoms with Crippen molar-refractivity contribution in [3.63, 3.8) is 0 Å². The minimum absolute atomic E-state index is 0.0766. The average Bonchev–Trinajstić information content (AvgIpc) is 2.64. The molecule has 0 spiro atoms. The maximum Gasteiger partial charge on any atom is 0.305 e. The fourth-order valence-corrected chi connectivity index (χ4v) is 3.33. The van der Waals surface area contributed by atoms with Gasteiger partial charge in [-0.15, -0.1) is 0 Å². The van der Waals surface area contributed by atoms with Gasteiger partial charge < -0.3 is 9.84 Å². The first-order valence-electron chi connectivity index (χ1n) is 10.8. The van der Waals surface area contributed by atoms with Gasteiger partial charge >= 0.3 is 5.97 Å². The Hall–Kier alpha value is -0.480. The van der Waals surface area contributed by atoms with E-state index in [0.717, 1.165) is 18.6 Å². The second kappa shape index (κ2) is 22.6. The summed E-state index contributed by atoms with van der Waals surface area (Å²) in [6, 6.07) is 0. The van der Waals surface area contributed by atoms with Crippen molar-refractivity contribution in [2.24, 2.45) is 0 Å². The van der Waals surface area contributed by atoms with Crippen LogP contribution in [0, 0.1) is 0 Å². The molecule has 0 aromatic carbocycles. The lowest BCUT2D eigenvalue weighted by atomic mass is 10.1. The van der Waals surface area contributed by atoms with Crippen molar-refractivity contribution in [1.29, 1.82) is 0 Å². The third kappa shape index (κ3) is 21.6. The Kier molecular flexibility index (Phi) is 22.1. The lowest BCUT2D eigenvalue weighted by Crippen LogP contribution is -2.07. The second-order valence-electron chi connectivity index (χ2n) is 6.89. The summed E-state index contributed by atoms with van der Waals surface area (Å²) >= 11 is 1.61. The molecular weight excluding hydrogens is 344 g/mol. The van der Waals surface area contributed by atoms with Crippen LogP contribution >= 0.6 is 11.8 Å². The molecule has 0 aliphatic rings. The number of ether oxygens (including phenoxy) is 1. The van der Waals surface area contributed by atoms with Gasteiger partial charge in [-0.2, -0.15) is 11.8 Å². The van der Waals surface area contributed by atoms with E-state index in [1.54, 1.807) is 11.8 Å². The number of rotatable bonds is 20. The predicted molar refractivity (Wildman–Crippen MR) is 115 cm³/mol. The van der Waals surface area contributed by atoms with E-state index < -0.39 is 0 Å². The number of carbonyl (C=O) groups is 1. The number of aliphatic hydroxyl groups excluding tert-OH is 1. The van der Waals surface area contributed by atoms with Crippen LogP contribution < -0.4 is 0 Å². The summed E-state index contributed by atoms with van der Waals surface area (Å²) in [4.78, 5) is 11.5. The summed E-state index contributed by atoms with van der Waals surface area (Å²) in [6.07, 6.45) is 21.7. The van der Waals surface area contributed by atoms with Crippen LogP contribution in [0.1, 0.15) is 96.8 Å². The molecule has 4 heteroatoms. The summed E-state index contributed by atoms with van der Waals surface area (Å²) in [6.45, 7) is 2.92. The molecule has 0 atom stereocenters. The Morgan fingerprint density at radius 2 is 1.42 bits per heavy atom. The SMILES string of the molecule is CCCCCCCC/C=C\CCCCCCCC(=O)OCCSCCO. The number of aliphatic hydroxyl groups is 1. The van der Waals surface area contributed by atoms with Gasteiger partial charge in [-0.3, -0.25) is 4.79 Å².